The van der Waals surface area contributed by atoms with Gasteiger partial charge in [-0.25, -0.2) is 14.4 Å². The first-order valence-corrected chi connectivity index (χ1v) is 9.39. The van der Waals surface area contributed by atoms with Crippen LogP contribution in [0.2, 0.25) is 0 Å². The van der Waals surface area contributed by atoms with E-state index in [0.29, 0.717) is 16.6 Å². The van der Waals surface area contributed by atoms with Gasteiger partial charge in [-0.05, 0) is 36.3 Å². The first-order chi connectivity index (χ1) is 14.1. The largest absolute Gasteiger partial charge is 0.302 e. The summed E-state index contributed by atoms with van der Waals surface area (Å²) in [7, 11) is 0. The minimum Gasteiger partial charge on any atom is -0.302 e. The Morgan fingerprint density at radius 3 is 3.00 bits per heavy atom. The van der Waals surface area contributed by atoms with Gasteiger partial charge in [-0.2, -0.15) is 5.10 Å². The quantitative estimate of drug-likeness (QED) is 0.750. The van der Waals surface area contributed by atoms with Crippen molar-refractivity contribution >= 4 is 22.3 Å². The van der Waals surface area contributed by atoms with Gasteiger partial charge >= 0.3 is 0 Å². The molecule has 0 amide bonds. The Hall–Kier alpha value is -3.61. The molecule has 3 heterocycles. The number of nitrogens with one attached hydrogen (secondary N) is 1. The fourth-order valence-electron chi connectivity index (χ4n) is 3.79. The first kappa shape index (κ1) is 17.5. The van der Waals surface area contributed by atoms with Gasteiger partial charge in [0.1, 0.15) is 12.1 Å². The van der Waals surface area contributed by atoms with Crippen molar-refractivity contribution in [3.05, 3.63) is 88.4 Å². The monoisotopic (exact) mass is 387 g/mol. The van der Waals surface area contributed by atoms with Crippen LogP contribution in [0.4, 0.5) is 4.39 Å². The molecule has 0 saturated heterocycles. The van der Waals surface area contributed by atoms with Crippen LogP contribution in [0, 0.1) is 11.7 Å². The molecule has 2 atom stereocenters. The molecule has 2 aromatic heterocycles. The average molecular weight is 387 g/mol. The molecule has 0 fully saturated rings. The third-order valence-corrected chi connectivity index (χ3v) is 5.43. The smallest absolute Gasteiger partial charge is 0.263 e. The van der Waals surface area contributed by atoms with Crippen LogP contribution in [0.5, 0.6) is 0 Å². The molecule has 1 aliphatic heterocycles. The number of fused-ring (bicyclic) bond motifs is 2. The third-order valence-electron chi connectivity index (χ3n) is 5.43. The Balaban J connectivity index is 1.43. The molecule has 144 valence electrons. The number of nitrogens with zero attached hydrogens (tertiary/aromatic N) is 4. The molecule has 7 heteroatoms. The topological polar surface area (TPSA) is 72.2 Å². The molecule has 3 aromatic rings. The van der Waals surface area contributed by atoms with E-state index < -0.39 is 0 Å². The number of halogens is 1. The Morgan fingerprint density at radius 2 is 2.14 bits per heavy atom. The molecule has 2 aliphatic rings. The number of benzene rings is 1. The highest BCUT2D eigenvalue weighted by atomic mass is 19.1. The van der Waals surface area contributed by atoms with Crippen LogP contribution in [0.3, 0.4) is 0 Å². The van der Waals surface area contributed by atoms with Crippen molar-refractivity contribution in [3.63, 3.8) is 0 Å². The Morgan fingerprint density at radius 1 is 1.24 bits per heavy atom. The molecular weight excluding hydrogens is 369 g/mol. The summed E-state index contributed by atoms with van der Waals surface area (Å²) < 4.78 is 16.2. The Bertz CT molecular complexity index is 1270. The summed E-state index contributed by atoms with van der Waals surface area (Å²) in [4.78, 5) is 20.9. The molecule has 1 aromatic carbocycles. The zero-order valence-corrected chi connectivity index (χ0v) is 15.7. The van der Waals surface area contributed by atoms with Gasteiger partial charge in [0, 0.05) is 23.4 Å². The van der Waals surface area contributed by atoms with E-state index in [9.17, 15) is 9.18 Å². The Kier molecular flexibility index (Phi) is 4.08. The number of allylic oxidation sites excluding steroid dienone is 2. The van der Waals surface area contributed by atoms with E-state index in [4.69, 9.17) is 0 Å². The van der Waals surface area contributed by atoms with E-state index in [0.717, 1.165) is 16.8 Å². The van der Waals surface area contributed by atoms with Crippen molar-refractivity contribution < 1.29 is 4.39 Å². The van der Waals surface area contributed by atoms with Crippen LogP contribution in [0.25, 0.3) is 16.6 Å². The van der Waals surface area contributed by atoms with Crippen molar-refractivity contribution in [1.82, 2.24) is 20.0 Å². The summed E-state index contributed by atoms with van der Waals surface area (Å²) in [5.74, 6) is -0.103. The summed E-state index contributed by atoms with van der Waals surface area (Å²) in [6, 6.07) is 8.56. The maximum atomic E-state index is 14.8. The van der Waals surface area contributed by atoms with Crippen molar-refractivity contribution in [2.45, 2.75) is 19.5 Å². The van der Waals surface area contributed by atoms with Crippen molar-refractivity contribution in [1.29, 1.82) is 0 Å². The summed E-state index contributed by atoms with van der Waals surface area (Å²) >= 11 is 0. The van der Waals surface area contributed by atoms with Crippen LogP contribution in [0.1, 0.15) is 18.1 Å². The number of hydrogen-bond donors (Lipinski definition) is 1. The summed E-state index contributed by atoms with van der Waals surface area (Å²) in [5, 5.41) is 4.69. The second-order valence-electron chi connectivity index (χ2n) is 7.27. The lowest BCUT2D eigenvalue weighted by atomic mass is 9.87. The maximum absolute atomic E-state index is 14.8. The molecule has 6 nitrogen and oxygen atoms in total. The molecular formula is C22H18FN5O. The van der Waals surface area contributed by atoms with Crippen LogP contribution >= 0.6 is 0 Å². The number of pyridine rings is 1. The molecule has 1 aliphatic carbocycles. The van der Waals surface area contributed by atoms with Crippen LogP contribution in [0.15, 0.2) is 71.0 Å². The number of aromatic nitrogens is 3. The third kappa shape index (κ3) is 3.04. The predicted molar refractivity (Wildman–Crippen MR) is 110 cm³/mol. The number of hydrogen-bond acceptors (Lipinski definition) is 5. The second-order valence-corrected chi connectivity index (χ2v) is 7.27. The maximum Gasteiger partial charge on any atom is 0.263 e. The summed E-state index contributed by atoms with van der Waals surface area (Å²) in [6.45, 7) is 2.10. The molecule has 0 radical (unpaired) electrons. The van der Waals surface area contributed by atoms with E-state index in [-0.39, 0.29) is 29.9 Å². The van der Waals surface area contributed by atoms with Crippen molar-refractivity contribution in [3.8, 4) is 0 Å². The van der Waals surface area contributed by atoms with Gasteiger partial charge in [0.2, 0.25) is 0 Å². The molecule has 1 N–H and O–H groups in total. The lowest BCUT2D eigenvalue weighted by Crippen LogP contribution is -2.27. The van der Waals surface area contributed by atoms with E-state index in [2.05, 4.69) is 32.6 Å². The molecule has 0 spiro atoms. The summed E-state index contributed by atoms with van der Waals surface area (Å²) in [6.07, 6.45) is 9.17. The highest BCUT2D eigenvalue weighted by Crippen LogP contribution is 2.28. The molecule has 5 rings (SSSR count). The normalized spacial score (nSPS) is 20.2. The van der Waals surface area contributed by atoms with Gasteiger partial charge in [-0.15, -0.1) is 0 Å². The molecule has 0 bridgehead atoms. The first-order valence-electron chi connectivity index (χ1n) is 9.39. The fraction of sp³-hybridized carbons (Fsp3) is 0.182. The van der Waals surface area contributed by atoms with Crippen LogP contribution in [-0.4, -0.2) is 26.3 Å². The summed E-state index contributed by atoms with van der Waals surface area (Å²) in [5.41, 5.74) is 6.47. The van der Waals surface area contributed by atoms with Gasteiger partial charge < -0.3 is 5.43 Å². The predicted octanol–water partition coefficient (Wildman–Crippen LogP) is 2.90. The minimum atomic E-state index is -0.357. The highest BCUT2D eigenvalue weighted by molar-refractivity contribution is 5.91. The van der Waals surface area contributed by atoms with Gasteiger partial charge in [0.05, 0.1) is 18.0 Å². The number of hydrazone groups is 1. The second kappa shape index (κ2) is 6.77. The number of rotatable bonds is 3. The lowest BCUT2D eigenvalue weighted by molar-refractivity contribution is 0.594. The standard InChI is InChI=1S/C22H18FN5O/c1-13-17-7-6-15(10-20(17)27-26-13)14-4-5-16(19(23)9-14)11-28-12-25-21-18(22(28)29)3-2-8-24-21/h2-10,12,17,20,27H,11H2,1H3. The van der Waals surface area contributed by atoms with E-state index in [1.807, 2.05) is 19.1 Å². The molecule has 2 unspecified atom stereocenters. The van der Waals surface area contributed by atoms with Gasteiger partial charge in [0.15, 0.2) is 5.65 Å². The molecule has 0 saturated carbocycles. The van der Waals surface area contributed by atoms with Gasteiger partial charge in [-0.3, -0.25) is 9.36 Å². The van der Waals surface area contributed by atoms with Gasteiger partial charge in [0.25, 0.3) is 5.56 Å². The van der Waals surface area contributed by atoms with Crippen LogP contribution < -0.4 is 11.0 Å². The SMILES string of the molecule is CC1=NNC2C=C(c3ccc(Cn4cnc5ncccc5c4=O)c(F)c3)C=CC12. The fourth-order valence-corrected chi connectivity index (χ4v) is 3.79. The molecule has 29 heavy (non-hydrogen) atoms. The van der Waals surface area contributed by atoms with Crippen LogP contribution in [-0.2, 0) is 6.54 Å². The highest BCUT2D eigenvalue weighted by Gasteiger charge is 2.28. The Labute approximate surface area is 166 Å². The van der Waals surface area contributed by atoms with Gasteiger partial charge in [-0.1, -0.05) is 30.4 Å². The van der Waals surface area contributed by atoms with Crippen molar-refractivity contribution in [2.75, 3.05) is 0 Å². The van der Waals surface area contributed by atoms with E-state index in [1.54, 1.807) is 24.4 Å². The van der Waals surface area contributed by atoms with Crippen molar-refractivity contribution in [2.24, 2.45) is 11.0 Å². The van der Waals surface area contributed by atoms with E-state index in [1.165, 1.54) is 17.0 Å². The lowest BCUT2D eigenvalue weighted by Gasteiger charge is -2.19. The van der Waals surface area contributed by atoms with E-state index >= 15 is 0 Å². The zero-order chi connectivity index (χ0) is 20.0. The average Bonchev–Trinajstić information content (AvgIpc) is 3.12. The minimum absolute atomic E-state index is 0.105. The zero-order valence-electron chi connectivity index (χ0n) is 15.7.